The third kappa shape index (κ3) is 3.20. The summed E-state index contributed by atoms with van der Waals surface area (Å²) in [4.78, 5) is 16.9. The van der Waals surface area contributed by atoms with Crippen LogP contribution in [0.15, 0.2) is 54.7 Å². The van der Waals surface area contributed by atoms with E-state index in [1.165, 1.54) is 17.5 Å². The Balaban J connectivity index is 1.48. The van der Waals surface area contributed by atoms with Crippen molar-refractivity contribution in [2.45, 2.75) is 32.3 Å². The molecule has 0 saturated carbocycles. The number of carbonyl (C=O) groups excluding carboxylic acids is 1. The zero-order valence-electron chi connectivity index (χ0n) is 14.2. The summed E-state index contributed by atoms with van der Waals surface area (Å²) in [5.41, 5.74) is 4.34. The Morgan fingerprint density at radius 3 is 2.92 bits per heavy atom. The van der Waals surface area contributed by atoms with Crippen LogP contribution in [-0.4, -0.2) is 17.0 Å². The van der Waals surface area contributed by atoms with Crippen molar-refractivity contribution in [2.24, 2.45) is 0 Å². The quantitative estimate of drug-likeness (QED) is 0.781. The number of anilines is 1. The van der Waals surface area contributed by atoms with Crippen molar-refractivity contribution < 1.29 is 9.53 Å². The lowest BCUT2D eigenvalue weighted by molar-refractivity contribution is -0.122. The molecule has 1 aliphatic carbocycles. The standard InChI is InChI=1S/C21H20N2O2/c1-14(25-17-11-10-15-5-2-6-16(15)13-17)21(24)23-20-9-3-8-19-18(20)7-4-12-22-19/h3-4,7-14H,2,5-6H2,1H3,(H,23,24)/t14-/m0/s1. The van der Waals surface area contributed by atoms with Crippen molar-refractivity contribution in [3.05, 3.63) is 65.9 Å². The molecule has 0 aliphatic heterocycles. The number of ether oxygens (including phenoxy) is 1. The Labute approximate surface area is 146 Å². The third-order valence-electron chi connectivity index (χ3n) is 4.66. The lowest BCUT2D eigenvalue weighted by Crippen LogP contribution is -2.30. The highest BCUT2D eigenvalue weighted by molar-refractivity contribution is 6.02. The van der Waals surface area contributed by atoms with E-state index >= 15 is 0 Å². The normalized spacial score (nSPS) is 14.1. The number of fused-ring (bicyclic) bond motifs is 2. The minimum Gasteiger partial charge on any atom is -0.481 e. The number of pyridine rings is 1. The smallest absolute Gasteiger partial charge is 0.265 e. The number of benzene rings is 2. The van der Waals surface area contributed by atoms with E-state index in [4.69, 9.17) is 4.74 Å². The fraction of sp³-hybridized carbons (Fsp3) is 0.238. The van der Waals surface area contributed by atoms with Crippen molar-refractivity contribution in [2.75, 3.05) is 5.32 Å². The summed E-state index contributed by atoms with van der Waals surface area (Å²) in [6.07, 6.45) is 4.60. The zero-order valence-corrected chi connectivity index (χ0v) is 14.2. The van der Waals surface area contributed by atoms with Crippen molar-refractivity contribution in [3.8, 4) is 5.75 Å². The minimum absolute atomic E-state index is 0.170. The van der Waals surface area contributed by atoms with E-state index in [9.17, 15) is 4.79 Å². The minimum atomic E-state index is -0.577. The molecule has 4 rings (SSSR count). The number of rotatable bonds is 4. The van der Waals surface area contributed by atoms with Crippen molar-refractivity contribution in [1.29, 1.82) is 0 Å². The molecule has 1 N–H and O–H groups in total. The maximum atomic E-state index is 12.5. The highest BCUT2D eigenvalue weighted by Crippen LogP contribution is 2.27. The zero-order chi connectivity index (χ0) is 17.2. The number of hydrogen-bond donors (Lipinski definition) is 1. The Morgan fingerprint density at radius 2 is 2.00 bits per heavy atom. The van der Waals surface area contributed by atoms with Crippen molar-refractivity contribution >= 4 is 22.5 Å². The fourth-order valence-electron chi connectivity index (χ4n) is 3.33. The molecule has 1 aromatic heterocycles. The lowest BCUT2D eigenvalue weighted by atomic mass is 10.1. The molecular weight excluding hydrogens is 312 g/mol. The molecule has 3 aromatic rings. The monoisotopic (exact) mass is 332 g/mol. The second-order valence-corrected chi connectivity index (χ2v) is 6.41. The summed E-state index contributed by atoms with van der Waals surface area (Å²) in [7, 11) is 0. The second kappa shape index (κ2) is 6.55. The molecule has 0 spiro atoms. The summed E-state index contributed by atoms with van der Waals surface area (Å²) >= 11 is 0. The number of nitrogens with zero attached hydrogens (tertiary/aromatic N) is 1. The molecule has 0 unspecified atom stereocenters. The van der Waals surface area contributed by atoms with E-state index in [1.807, 2.05) is 36.4 Å². The van der Waals surface area contributed by atoms with E-state index in [2.05, 4.69) is 22.4 Å². The van der Waals surface area contributed by atoms with Crippen molar-refractivity contribution in [1.82, 2.24) is 4.98 Å². The first-order chi connectivity index (χ1) is 12.2. The summed E-state index contributed by atoms with van der Waals surface area (Å²) in [5, 5.41) is 3.87. The van der Waals surface area contributed by atoms with Gasteiger partial charge >= 0.3 is 0 Å². The summed E-state index contributed by atoms with van der Waals surface area (Å²) in [6, 6.07) is 15.6. The maximum Gasteiger partial charge on any atom is 0.265 e. The number of hydrogen-bond acceptors (Lipinski definition) is 3. The molecule has 0 fully saturated rings. The summed E-state index contributed by atoms with van der Waals surface area (Å²) in [5.74, 6) is 0.583. The van der Waals surface area contributed by atoms with E-state index in [0.29, 0.717) is 0 Å². The largest absolute Gasteiger partial charge is 0.481 e. The molecule has 1 heterocycles. The van der Waals surface area contributed by atoms with Crippen LogP contribution in [-0.2, 0) is 17.6 Å². The van der Waals surface area contributed by atoms with Gasteiger partial charge in [-0.1, -0.05) is 12.1 Å². The van der Waals surface area contributed by atoms with Gasteiger partial charge < -0.3 is 10.1 Å². The molecule has 2 aromatic carbocycles. The molecule has 1 amide bonds. The Bertz CT molecular complexity index is 931. The molecular formula is C21H20N2O2. The molecule has 126 valence electrons. The maximum absolute atomic E-state index is 12.5. The van der Waals surface area contributed by atoms with Gasteiger partial charge in [0.2, 0.25) is 0 Å². The molecule has 0 bridgehead atoms. The van der Waals surface area contributed by atoms with Crippen LogP contribution in [0.5, 0.6) is 5.75 Å². The van der Waals surface area contributed by atoms with Gasteiger partial charge in [-0.25, -0.2) is 0 Å². The Morgan fingerprint density at radius 1 is 1.12 bits per heavy atom. The van der Waals surface area contributed by atoms with Gasteiger partial charge in [-0.05, 0) is 73.7 Å². The lowest BCUT2D eigenvalue weighted by Gasteiger charge is -2.16. The van der Waals surface area contributed by atoms with Gasteiger partial charge in [-0.15, -0.1) is 0 Å². The van der Waals surface area contributed by atoms with Gasteiger partial charge in [0.15, 0.2) is 6.10 Å². The SMILES string of the molecule is C[C@H](Oc1ccc2c(c1)CCC2)C(=O)Nc1cccc2ncccc12. The van der Waals surface area contributed by atoms with Crippen LogP contribution in [0.25, 0.3) is 10.9 Å². The fourth-order valence-corrected chi connectivity index (χ4v) is 3.33. The van der Waals surface area contributed by atoms with Gasteiger partial charge in [0.25, 0.3) is 5.91 Å². The Kier molecular flexibility index (Phi) is 4.10. The van der Waals surface area contributed by atoms with Crippen LogP contribution in [0.3, 0.4) is 0 Å². The van der Waals surface area contributed by atoms with E-state index in [1.54, 1.807) is 13.1 Å². The highest BCUT2D eigenvalue weighted by Gasteiger charge is 2.18. The number of aryl methyl sites for hydroxylation is 2. The predicted molar refractivity (Wildman–Crippen MR) is 98.9 cm³/mol. The predicted octanol–water partition coefficient (Wildman–Crippen LogP) is 4.13. The molecule has 0 saturated heterocycles. The average Bonchev–Trinajstić information content (AvgIpc) is 3.10. The molecule has 1 aliphatic rings. The van der Waals surface area contributed by atoms with Crippen molar-refractivity contribution in [3.63, 3.8) is 0 Å². The topological polar surface area (TPSA) is 51.2 Å². The van der Waals surface area contributed by atoms with Crippen LogP contribution in [0, 0.1) is 0 Å². The molecule has 25 heavy (non-hydrogen) atoms. The number of aromatic nitrogens is 1. The first-order valence-electron chi connectivity index (χ1n) is 8.64. The molecule has 4 nitrogen and oxygen atoms in total. The Hall–Kier alpha value is -2.88. The number of amides is 1. The number of nitrogens with one attached hydrogen (secondary N) is 1. The molecule has 4 heteroatoms. The van der Waals surface area contributed by atoms with Crippen LogP contribution in [0.2, 0.25) is 0 Å². The van der Waals surface area contributed by atoms with Crippen LogP contribution < -0.4 is 10.1 Å². The third-order valence-corrected chi connectivity index (χ3v) is 4.66. The first kappa shape index (κ1) is 15.6. The van der Waals surface area contributed by atoms with Gasteiger partial charge in [0, 0.05) is 11.6 Å². The first-order valence-corrected chi connectivity index (χ1v) is 8.64. The van der Waals surface area contributed by atoms with E-state index < -0.39 is 6.10 Å². The van der Waals surface area contributed by atoms with E-state index in [0.717, 1.165) is 35.2 Å². The van der Waals surface area contributed by atoms with Gasteiger partial charge in [0.05, 0.1) is 11.2 Å². The second-order valence-electron chi connectivity index (χ2n) is 6.41. The number of carbonyl (C=O) groups is 1. The van der Waals surface area contributed by atoms with Gasteiger partial charge in [-0.2, -0.15) is 0 Å². The van der Waals surface area contributed by atoms with Crippen LogP contribution in [0.1, 0.15) is 24.5 Å². The van der Waals surface area contributed by atoms with Crippen LogP contribution in [0.4, 0.5) is 5.69 Å². The van der Waals surface area contributed by atoms with E-state index in [-0.39, 0.29) is 5.91 Å². The highest BCUT2D eigenvalue weighted by atomic mass is 16.5. The summed E-state index contributed by atoms with van der Waals surface area (Å²) < 4.78 is 5.86. The van der Waals surface area contributed by atoms with Gasteiger partial charge in [0.1, 0.15) is 5.75 Å². The van der Waals surface area contributed by atoms with Gasteiger partial charge in [-0.3, -0.25) is 9.78 Å². The summed E-state index contributed by atoms with van der Waals surface area (Å²) in [6.45, 7) is 1.77. The van der Waals surface area contributed by atoms with Crippen LogP contribution >= 0.6 is 0 Å². The molecule has 0 radical (unpaired) electrons. The molecule has 1 atom stereocenters. The average molecular weight is 332 g/mol.